The van der Waals surface area contributed by atoms with Gasteiger partial charge in [0.25, 0.3) is 5.91 Å². The highest BCUT2D eigenvalue weighted by Crippen LogP contribution is 2.27. The van der Waals surface area contributed by atoms with Crippen molar-refractivity contribution in [1.29, 1.82) is 0 Å². The number of hydrogen-bond donors (Lipinski definition) is 1. The summed E-state index contributed by atoms with van der Waals surface area (Å²) in [7, 11) is 0. The zero-order valence-electron chi connectivity index (χ0n) is 11.1. The van der Waals surface area contributed by atoms with Crippen molar-refractivity contribution in [3.8, 4) is 5.75 Å². The van der Waals surface area contributed by atoms with Gasteiger partial charge in [0.05, 0.1) is 0 Å². The molecule has 6 heteroatoms. The summed E-state index contributed by atoms with van der Waals surface area (Å²) < 4.78 is 18.6. The number of carboxylic acids is 1. The zero-order valence-corrected chi connectivity index (χ0v) is 11.1. The topological polar surface area (TPSA) is 66.8 Å². The van der Waals surface area contributed by atoms with E-state index in [-0.39, 0.29) is 24.9 Å². The quantitative estimate of drug-likeness (QED) is 0.860. The van der Waals surface area contributed by atoms with E-state index in [0.717, 1.165) is 18.4 Å². The van der Waals surface area contributed by atoms with E-state index in [9.17, 15) is 14.0 Å². The molecule has 1 fully saturated rings. The maximum atomic E-state index is 13.5. The first-order valence-electron chi connectivity index (χ1n) is 6.37. The number of amides is 1. The first kappa shape index (κ1) is 14.3. The van der Waals surface area contributed by atoms with E-state index in [1.54, 1.807) is 13.0 Å². The summed E-state index contributed by atoms with van der Waals surface area (Å²) in [5, 5.41) is 8.78. The summed E-state index contributed by atoms with van der Waals surface area (Å²) in [5.74, 6) is -2.04. The number of carboxylic acid groups (broad SMARTS) is 1. The Balaban J connectivity index is 1.96. The normalized spacial score (nSPS) is 13.9. The fourth-order valence-corrected chi connectivity index (χ4v) is 1.90. The number of ether oxygens (including phenoxy) is 1. The van der Waals surface area contributed by atoms with Crippen LogP contribution in [0.25, 0.3) is 0 Å². The van der Waals surface area contributed by atoms with Crippen LogP contribution in [0.5, 0.6) is 5.75 Å². The Morgan fingerprint density at radius 1 is 1.45 bits per heavy atom. The van der Waals surface area contributed by atoms with Gasteiger partial charge in [-0.05, 0) is 37.5 Å². The average molecular weight is 281 g/mol. The highest BCUT2D eigenvalue weighted by Gasteiger charge is 2.34. The summed E-state index contributed by atoms with van der Waals surface area (Å²) in [6, 6.07) is 4.35. The average Bonchev–Trinajstić information content (AvgIpc) is 3.20. The van der Waals surface area contributed by atoms with E-state index >= 15 is 0 Å². The summed E-state index contributed by atoms with van der Waals surface area (Å²) in [6.07, 6.45) is 1.61. The molecule has 1 aliphatic carbocycles. The second-order valence-electron chi connectivity index (χ2n) is 4.87. The predicted molar refractivity (Wildman–Crippen MR) is 69.0 cm³/mol. The summed E-state index contributed by atoms with van der Waals surface area (Å²) in [4.78, 5) is 23.9. The van der Waals surface area contributed by atoms with E-state index in [4.69, 9.17) is 9.84 Å². The molecule has 0 saturated heterocycles. The Hall–Kier alpha value is -2.11. The minimum Gasteiger partial charge on any atom is -0.481 e. The van der Waals surface area contributed by atoms with Crippen molar-refractivity contribution >= 4 is 11.9 Å². The van der Waals surface area contributed by atoms with Crippen LogP contribution in [0.4, 0.5) is 4.39 Å². The van der Waals surface area contributed by atoms with Crippen LogP contribution in [0.2, 0.25) is 0 Å². The fourth-order valence-electron chi connectivity index (χ4n) is 1.90. The largest absolute Gasteiger partial charge is 0.481 e. The molecular formula is C14H16FNO4. The van der Waals surface area contributed by atoms with E-state index < -0.39 is 17.7 Å². The lowest BCUT2D eigenvalue weighted by atomic mass is 10.2. The summed E-state index contributed by atoms with van der Waals surface area (Å²) in [5.41, 5.74) is 0.818. The van der Waals surface area contributed by atoms with Crippen molar-refractivity contribution in [1.82, 2.24) is 4.90 Å². The Labute approximate surface area is 116 Å². The van der Waals surface area contributed by atoms with E-state index in [0.29, 0.717) is 0 Å². The lowest BCUT2D eigenvalue weighted by Gasteiger charge is -2.20. The molecule has 2 rings (SSSR count). The van der Waals surface area contributed by atoms with E-state index in [2.05, 4.69) is 0 Å². The molecule has 0 heterocycles. The van der Waals surface area contributed by atoms with Crippen LogP contribution in [-0.2, 0) is 9.59 Å². The smallest absolute Gasteiger partial charge is 0.323 e. The lowest BCUT2D eigenvalue weighted by Crippen LogP contribution is -2.40. The van der Waals surface area contributed by atoms with E-state index in [1.165, 1.54) is 17.0 Å². The monoisotopic (exact) mass is 281 g/mol. The van der Waals surface area contributed by atoms with Crippen LogP contribution in [-0.4, -0.2) is 41.1 Å². The third kappa shape index (κ3) is 3.69. The molecule has 0 aliphatic heterocycles. The van der Waals surface area contributed by atoms with Crippen LogP contribution in [0, 0.1) is 12.7 Å². The number of hydrogen-bond acceptors (Lipinski definition) is 3. The first-order valence-corrected chi connectivity index (χ1v) is 6.37. The molecule has 1 aromatic rings. The maximum Gasteiger partial charge on any atom is 0.323 e. The molecule has 1 amide bonds. The number of aryl methyl sites for hydroxylation is 1. The van der Waals surface area contributed by atoms with Crippen LogP contribution < -0.4 is 4.74 Å². The number of rotatable bonds is 6. The highest BCUT2D eigenvalue weighted by atomic mass is 19.1. The van der Waals surface area contributed by atoms with Gasteiger partial charge in [-0.1, -0.05) is 6.07 Å². The van der Waals surface area contributed by atoms with Crippen LogP contribution in [0.1, 0.15) is 18.4 Å². The SMILES string of the molecule is Cc1ccc(F)c(OCC(=O)N(CC(=O)O)C2CC2)c1. The Bertz CT molecular complexity index is 528. The van der Waals surface area contributed by atoms with Gasteiger partial charge in [-0.15, -0.1) is 0 Å². The fraction of sp³-hybridized carbons (Fsp3) is 0.429. The van der Waals surface area contributed by atoms with Crippen molar-refractivity contribution in [2.24, 2.45) is 0 Å². The van der Waals surface area contributed by atoms with Crippen molar-refractivity contribution in [3.05, 3.63) is 29.6 Å². The van der Waals surface area contributed by atoms with Gasteiger partial charge < -0.3 is 14.7 Å². The Kier molecular flexibility index (Phi) is 4.22. The minimum absolute atomic E-state index is 0.00409. The molecule has 1 aromatic carbocycles. The molecule has 1 N–H and O–H groups in total. The lowest BCUT2D eigenvalue weighted by molar-refractivity contribution is -0.145. The third-order valence-corrected chi connectivity index (χ3v) is 3.05. The van der Waals surface area contributed by atoms with Gasteiger partial charge in [-0.2, -0.15) is 0 Å². The zero-order chi connectivity index (χ0) is 14.7. The molecule has 1 saturated carbocycles. The molecule has 1 aliphatic rings. The second-order valence-corrected chi connectivity index (χ2v) is 4.87. The third-order valence-electron chi connectivity index (χ3n) is 3.05. The van der Waals surface area contributed by atoms with Gasteiger partial charge in [-0.25, -0.2) is 4.39 Å². The molecule has 0 unspecified atom stereocenters. The maximum absolute atomic E-state index is 13.5. The minimum atomic E-state index is -1.06. The summed E-state index contributed by atoms with van der Waals surface area (Å²) in [6.45, 7) is 1.09. The molecule has 0 atom stereocenters. The highest BCUT2D eigenvalue weighted by molar-refractivity contribution is 5.83. The van der Waals surface area contributed by atoms with Crippen molar-refractivity contribution in [2.45, 2.75) is 25.8 Å². The van der Waals surface area contributed by atoms with Crippen molar-refractivity contribution in [3.63, 3.8) is 0 Å². The standard InChI is InChI=1S/C14H16FNO4/c1-9-2-5-11(15)12(6-9)20-8-13(17)16(7-14(18)19)10-3-4-10/h2,5-6,10H,3-4,7-8H2,1H3,(H,18,19). The second kappa shape index (κ2) is 5.90. The van der Waals surface area contributed by atoms with Gasteiger partial charge in [0, 0.05) is 6.04 Å². The van der Waals surface area contributed by atoms with Crippen molar-refractivity contribution < 1.29 is 23.8 Å². The van der Waals surface area contributed by atoms with Gasteiger partial charge in [-0.3, -0.25) is 9.59 Å². The summed E-state index contributed by atoms with van der Waals surface area (Å²) >= 11 is 0. The van der Waals surface area contributed by atoms with Crippen molar-refractivity contribution in [2.75, 3.05) is 13.2 Å². The number of carbonyl (C=O) groups excluding carboxylic acids is 1. The number of halogens is 1. The molecule has 0 bridgehead atoms. The number of nitrogens with zero attached hydrogens (tertiary/aromatic N) is 1. The Morgan fingerprint density at radius 2 is 2.15 bits per heavy atom. The Morgan fingerprint density at radius 3 is 2.75 bits per heavy atom. The molecule has 108 valence electrons. The van der Waals surface area contributed by atoms with Gasteiger partial charge in [0.1, 0.15) is 6.54 Å². The molecule has 0 aromatic heterocycles. The van der Waals surface area contributed by atoms with Crippen LogP contribution >= 0.6 is 0 Å². The number of carbonyl (C=O) groups is 2. The predicted octanol–water partition coefficient (Wildman–Crippen LogP) is 1.59. The van der Waals surface area contributed by atoms with Crippen LogP contribution in [0.15, 0.2) is 18.2 Å². The molecular weight excluding hydrogens is 265 g/mol. The molecule has 0 spiro atoms. The molecule has 5 nitrogen and oxygen atoms in total. The first-order chi connectivity index (χ1) is 9.47. The van der Waals surface area contributed by atoms with Crippen LogP contribution in [0.3, 0.4) is 0 Å². The van der Waals surface area contributed by atoms with Gasteiger partial charge >= 0.3 is 5.97 Å². The molecule has 20 heavy (non-hydrogen) atoms. The van der Waals surface area contributed by atoms with E-state index in [1.807, 2.05) is 0 Å². The number of aliphatic carboxylic acids is 1. The van der Waals surface area contributed by atoms with Gasteiger partial charge in [0.2, 0.25) is 0 Å². The number of benzene rings is 1. The molecule has 0 radical (unpaired) electrons. The van der Waals surface area contributed by atoms with Gasteiger partial charge in [0.15, 0.2) is 18.2 Å².